The fourth-order valence-electron chi connectivity index (χ4n) is 4.09. The summed E-state index contributed by atoms with van der Waals surface area (Å²) >= 11 is 0. The van der Waals surface area contributed by atoms with E-state index >= 15 is 0 Å². The second-order valence-electron chi connectivity index (χ2n) is 7.77. The molecule has 2 fully saturated rings. The Balaban J connectivity index is 0.00000288. The van der Waals surface area contributed by atoms with Gasteiger partial charge in [-0.2, -0.15) is 0 Å². The molecule has 1 heterocycles. The number of hydrogen-bond acceptors (Lipinski definition) is 2. The molecular weight excluding hydrogens is 411 g/mol. The van der Waals surface area contributed by atoms with Gasteiger partial charge in [0.2, 0.25) is 0 Å². The van der Waals surface area contributed by atoms with Crippen molar-refractivity contribution >= 4 is 29.9 Å². The first kappa shape index (κ1) is 22.0. The fourth-order valence-corrected chi connectivity index (χ4v) is 4.09. The Hall–Kier alpha value is -0.0400. The smallest absolute Gasteiger partial charge is 0.190 e. The van der Waals surface area contributed by atoms with Crippen molar-refractivity contribution in [3.63, 3.8) is 0 Å². The van der Waals surface area contributed by atoms with Crippen LogP contribution in [-0.2, 0) is 0 Å². The highest BCUT2D eigenvalue weighted by atomic mass is 127. The summed E-state index contributed by atoms with van der Waals surface area (Å²) in [4.78, 5) is 6.98. The van der Waals surface area contributed by atoms with Gasteiger partial charge in [-0.3, -0.25) is 4.99 Å². The molecule has 0 radical (unpaired) electrons. The highest BCUT2D eigenvalue weighted by Crippen LogP contribution is 2.28. The molecule has 142 valence electrons. The van der Waals surface area contributed by atoms with E-state index < -0.39 is 0 Å². The van der Waals surface area contributed by atoms with Gasteiger partial charge in [0.25, 0.3) is 0 Å². The van der Waals surface area contributed by atoms with Crippen molar-refractivity contribution in [1.82, 2.24) is 15.5 Å². The normalized spacial score (nSPS) is 23.3. The quantitative estimate of drug-likeness (QED) is 0.268. The molecule has 1 aliphatic heterocycles. The molecule has 0 aromatic heterocycles. The first-order valence-corrected chi connectivity index (χ1v) is 9.87. The van der Waals surface area contributed by atoms with E-state index in [-0.39, 0.29) is 24.0 Å². The molecule has 0 bridgehead atoms. The van der Waals surface area contributed by atoms with Crippen LogP contribution in [0.4, 0.5) is 0 Å². The van der Waals surface area contributed by atoms with Crippen LogP contribution >= 0.6 is 24.0 Å². The zero-order chi connectivity index (χ0) is 16.5. The number of nitrogens with zero attached hydrogens (tertiary/aromatic N) is 2. The van der Waals surface area contributed by atoms with Crippen LogP contribution in [-0.4, -0.2) is 50.1 Å². The number of likely N-dealkylation sites (tertiary alicyclic amines) is 1. The van der Waals surface area contributed by atoms with E-state index in [0.29, 0.717) is 6.04 Å². The van der Waals surface area contributed by atoms with Gasteiger partial charge in [-0.05, 0) is 57.9 Å². The Labute approximate surface area is 166 Å². The molecule has 0 aromatic carbocycles. The van der Waals surface area contributed by atoms with Crippen molar-refractivity contribution in [2.75, 3.05) is 33.2 Å². The molecule has 0 amide bonds. The third kappa shape index (κ3) is 7.89. The first-order valence-electron chi connectivity index (χ1n) is 9.87. The summed E-state index contributed by atoms with van der Waals surface area (Å²) in [6.07, 6.45) is 11.2. The maximum absolute atomic E-state index is 4.38. The lowest BCUT2D eigenvalue weighted by atomic mass is 9.97. The predicted octanol–water partition coefficient (Wildman–Crippen LogP) is 3.86. The highest BCUT2D eigenvalue weighted by molar-refractivity contribution is 14.0. The average molecular weight is 450 g/mol. The molecule has 1 unspecified atom stereocenters. The number of piperidine rings is 1. The molecule has 1 saturated carbocycles. The number of guanidine groups is 1. The van der Waals surface area contributed by atoms with Crippen LogP contribution in [0.5, 0.6) is 0 Å². The van der Waals surface area contributed by atoms with Crippen LogP contribution in [0.2, 0.25) is 0 Å². The lowest BCUT2D eigenvalue weighted by Crippen LogP contribution is -2.46. The molecule has 0 aromatic rings. The van der Waals surface area contributed by atoms with E-state index in [9.17, 15) is 0 Å². The summed E-state index contributed by atoms with van der Waals surface area (Å²) in [5.74, 6) is 2.73. The molecule has 24 heavy (non-hydrogen) atoms. The Morgan fingerprint density at radius 3 is 2.46 bits per heavy atom. The average Bonchev–Trinajstić information content (AvgIpc) is 3.08. The second-order valence-corrected chi connectivity index (χ2v) is 7.77. The van der Waals surface area contributed by atoms with E-state index in [1.165, 1.54) is 64.5 Å². The maximum atomic E-state index is 4.38. The molecule has 2 aliphatic rings. The fraction of sp³-hybridized carbons (Fsp3) is 0.947. The second kappa shape index (κ2) is 12.3. The number of halogens is 1. The van der Waals surface area contributed by atoms with Crippen molar-refractivity contribution in [3.8, 4) is 0 Å². The van der Waals surface area contributed by atoms with Gasteiger partial charge in [-0.15, -0.1) is 24.0 Å². The predicted molar refractivity (Wildman–Crippen MR) is 115 cm³/mol. The molecular formula is C19H39IN4. The van der Waals surface area contributed by atoms with Crippen LogP contribution in [0.3, 0.4) is 0 Å². The monoisotopic (exact) mass is 450 g/mol. The molecule has 1 atom stereocenters. The maximum Gasteiger partial charge on any atom is 0.190 e. The Kier molecular flexibility index (Phi) is 11.3. The molecule has 1 aliphatic carbocycles. The summed E-state index contributed by atoms with van der Waals surface area (Å²) in [5.41, 5.74) is 0. The summed E-state index contributed by atoms with van der Waals surface area (Å²) < 4.78 is 0. The molecule has 4 nitrogen and oxygen atoms in total. The van der Waals surface area contributed by atoms with Crippen molar-refractivity contribution < 1.29 is 0 Å². The molecule has 2 N–H and O–H groups in total. The van der Waals surface area contributed by atoms with Crippen molar-refractivity contribution in [1.29, 1.82) is 0 Å². The van der Waals surface area contributed by atoms with E-state index in [1.54, 1.807) is 0 Å². The minimum Gasteiger partial charge on any atom is -0.356 e. The van der Waals surface area contributed by atoms with Crippen molar-refractivity contribution in [2.45, 2.75) is 71.3 Å². The standard InChI is InChI=1S/C19H38N4.HI/c1-16(2)23-13-7-11-18(15-23)14-22-19(20-3)21-12-6-10-17-8-4-5-9-17;/h16-18H,4-15H2,1-3H3,(H2,20,21,22);1H. The molecule has 1 saturated heterocycles. The Morgan fingerprint density at radius 2 is 1.79 bits per heavy atom. The SMILES string of the molecule is CN=C(NCCCC1CCCC1)NCC1CCCN(C(C)C)C1.I. The van der Waals surface area contributed by atoms with Gasteiger partial charge in [-0.1, -0.05) is 25.7 Å². The lowest BCUT2D eigenvalue weighted by molar-refractivity contribution is 0.141. The summed E-state index contributed by atoms with van der Waals surface area (Å²) in [7, 11) is 1.88. The van der Waals surface area contributed by atoms with E-state index in [4.69, 9.17) is 0 Å². The van der Waals surface area contributed by atoms with Crippen LogP contribution < -0.4 is 10.6 Å². The number of hydrogen-bond donors (Lipinski definition) is 2. The van der Waals surface area contributed by atoms with Gasteiger partial charge in [0.05, 0.1) is 0 Å². The van der Waals surface area contributed by atoms with Gasteiger partial charge in [-0.25, -0.2) is 0 Å². The third-order valence-electron chi connectivity index (χ3n) is 5.62. The van der Waals surface area contributed by atoms with E-state index in [1.807, 2.05) is 7.05 Å². The van der Waals surface area contributed by atoms with Crippen LogP contribution in [0.1, 0.15) is 65.2 Å². The Bertz CT molecular complexity index is 353. The van der Waals surface area contributed by atoms with Crippen LogP contribution in [0.25, 0.3) is 0 Å². The topological polar surface area (TPSA) is 39.7 Å². The van der Waals surface area contributed by atoms with Crippen LogP contribution in [0, 0.1) is 11.8 Å². The number of aliphatic imine (C=N–C) groups is 1. The molecule has 0 spiro atoms. The number of nitrogens with one attached hydrogen (secondary N) is 2. The van der Waals surface area contributed by atoms with Gasteiger partial charge in [0, 0.05) is 32.7 Å². The Morgan fingerprint density at radius 1 is 1.08 bits per heavy atom. The van der Waals surface area contributed by atoms with Gasteiger partial charge >= 0.3 is 0 Å². The lowest BCUT2D eigenvalue weighted by Gasteiger charge is -2.35. The van der Waals surface area contributed by atoms with Crippen LogP contribution in [0.15, 0.2) is 4.99 Å². The minimum atomic E-state index is 0. The largest absolute Gasteiger partial charge is 0.356 e. The first-order chi connectivity index (χ1) is 11.2. The van der Waals surface area contributed by atoms with Crippen molar-refractivity contribution in [2.24, 2.45) is 16.8 Å². The summed E-state index contributed by atoms with van der Waals surface area (Å²) in [5, 5.41) is 7.03. The van der Waals surface area contributed by atoms with Gasteiger partial charge in [0.15, 0.2) is 5.96 Å². The number of rotatable bonds is 7. The van der Waals surface area contributed by atoms with Crippen molar-refractivity contribution in [3.05, 3.63) is 0 Å². The van der Waals surface area contributed by atoms with E-state index in [2.05, 4.69) is 34.4 Å². The van der Waals surface area contributed by atoms with Gasteiger partial charge < -0.3 is 15.5 Å². The summed E-state index contributed by atoms with van der Waals surface area (Å²) in [6.45, 7) is 9.21. The minimum absolute atomic E-state index is 0. The molecule has 2 rings (SSSR count). The molecule has 5 heteroatoms. The highest BCUT2D eigenvalue weighted by Gasteiger charge is 2.21. The van der Waals surface area contributed by atoms with E-state index in [0.717, 1.165) is 30.9 Å². The van der Waals surface area contributed by atoms with Gasteiger partial charge in [0.1, 0.15) is 0 Å². The third-order valence-corrected chi connectivity index (χ3v) is 5.62. The zero-order valence-corrected chi connectivity index (χ0v) is 18.4. The summed E-state index contributed by atoms with van der Waals surface area (Å²) in [6, 6.07) is 0.672. The zero-order valence-electron chi connectivity index (χ0n) is 16.0.